The Morgan fingerprint density at radius 3 is 2.24 bits per heavy atom. The van der Waals surface area contributed by atoms with Crippen molar-refractivity contribution in [2.45, 2.75) is 24.2 Å². The van der Waals surface area contributed by atoms with Gasteiger partial charge in [0, 0.05) is 44.8 Å². The number of piperazine rings is 1. The zero-order chi connectivity index (χ0) is 18.0. The molecule has 0 atom stereocenters. The van der Waals surface area contributed by atoms with Crippen molar-refractivity contribution in [1.29, 1.82) is 0 Å². The molecule has 1 aromatic rings. The summed E-state index contributed by atoms with van der Waals surface area (Å²) in [6.07, 6.45) is 2.80. The first-order valence-corrected chi connectivity index (χ1v) is 10.2. The molecule has 1 amide bonds. The third-order valence-corrected chi connectivity index (χ3v) is 6.95. The molecule has 0 saturated carbocycles. The predicted molar refractivity (Wildman–Crippen MR) is 97.3 cm³/mol. The predicted octanol–water partition coefficient (Wildman–Crippen LogP) is 0.712. The van der Waals surface area contributed by atoms with Crippen LogP contribution >= 0.6 is 0 Å². The van der Waals surface area contributed by atoms with Gasteiger partial charge in [0.2, 0.25) is 15.9 Å². The molecule has 2 N–H and O–H groups in total. The van der Waals surface area contributed by atoms with Crippen molar-refractivity contribution in [2.75, 3.05) is 51.2 Å². The molecule has 1 aromatic carbocycles. The highest BCUT2D eigenvalue weighted by Crippen LogP contribution is 2.31. The maximum absolute atomic E-state index is 13.2. The lowest BCUT2D eigenvalue weighted by atomic mass is 10.1. The molecule has 0 spiro atoms. The Hall–Kier alpha value is -1.64. The minimum Gasteiger partial charge on any atom is -0.368 e. The maximum Gasteiger partial charge on any atom is 0.248 e. The van der Waals surface area contributed by atoms with Gasteiger partial charge in [0.1, 0.15) is 4.90 Å². The van der Waals surface area contributed by atoms with Crippen LogP contribution in [0.15, 0.2) is 23.1 Å². The smallest absolute Gasteiger partial charge is 0.248 e. The van der Waals surface area contributed by atoms with Crippen LogP contribution in [0.25, 0.3) is 0 Å². The van der Waals surface area contributed by atoms with E-state index in [1.165, 1.54) is 10.4 Å². The Bertz CT molecular complexity index is 736. The van der Waals surface area contributed by atoms with Crippen molar-refractivity contribution >= 4 is 21.6 Å². The third-order valence-electron chi connectivity index (χ3n) is 5.02. The van der Waals surface area contributed by atoms with Crippen molar-refractivity contribution in [3.05, 3.63) is 23.8 Å². The molecule has 0 unspecified atom stereocenters. The highest BCUT2D eigenvalue weighted by atomic mass is 32.2. The summed E-state index contributed by atoms with van der Waals surface area (Å²) in [5.74, 6) is -0.611. The molecule has 138 valence electrons. The first-order chi connectivity index (χ1) is 11.9. The van der Waals surface area contributed by atoms with Crippen molar-refractivity contribution in [2.24, 2.45) is 5.73 Å². The second-order valence-electron chi connectivity index (χ2n) is 6.80. The summed E-state index contributed by atoms with van der Waals surface area (Å²) >= 11 is 0. The Morgan fingerprint density at radius 2 is 1.64 bits per heavy atom. The average molecular weight is 366 g/mol. The van der Waals surface area contributed by atoms with Crippen LogP contribution < -0.4 is 10.6 Å². The summed E-state index contributed by atoms with van der Waals surface area (Å²) in [5, 5.41) is 0. The molecule has 0 radical (unpaired) electrons. The van der Waals surface area contributed by atoms with Gasteiger partial charge >= 0.3 is 0 Å². The molecule has 3 rings (SSSR count). The van der Waals surface area contributed by atoms with Gasteiger partial charge in [-0.1, -0.05) is 6.42 Å². The summed E-state index contributed by atoms with van der Waals surface area (Å²) in [5.41, 5.74) is 6.28. The van der Waals surface area contributed by atoms with Gasteiger partial charge in [0.25, 0.3) is 0 Å². The van der Waals surface area contributed by atoms with E-state index < -0.39 is 15.9 Å². The number of amides is 1. The molecule has 8 heteroatoms. The fourth-order valence-electron chi connectivity index (χ4n) is 3.43. The summed E-state index contributed by atoms with van der Waals surface area (Å²) in [7, 11) is -1.59. The number of primary amides is 1. The van der Waals surface area contributed by atoms with E-state index in [1.54, 1.807) is 12.1 Å². The second kappa shape index (κ2) is 7.31. The monoisotopic (exact) mass is 366 g/mol. The van der Waals surface area contributed by atoms with Gasteiger partial charge in [-0.15, -0.1) is 0 Å². The van der Waals surface area contributed by atoms with E-state index in [2.05, 4.69) is 16.8 Å². The van der Waals surface area contributed by atoms with E-state index in [0.29, 0.717) is 18.8 Å². The molecule has 0 aromatic heterocycles. The Kier molecular flexibility index (Phi) is 5.31. The highest BCUT2D eigenvalue weighted by molar-refractivity contribution is 7.89. The summed E-state index contributed by atoms with van der Waals surface area (Å²) in [6.45, 7) is 4.34. The topological polar surface area (TPSA) is 87.0 Å². The standard InChI is InChI=1S/C17H26N4O3S/c1-19-9-11-20(12-10-19)15-6-5-14(17(18)22)13-16(15)25(23,24)21-7-3-2-4-8-21/h5-6,13H,2-4,7-12H2,1H3,(H2,18,22). The van der Waals surface area contributed by atoms with Gasteiger partial charge in [0.05, 0.1) is 5.69 Å². The second-order valence-corrected chi connectivity index (χ2v) is 8.71. The molecule has 2 fully saturated rings. The minimum atomic E-state index is -3.64. The Labute approximate surface area is 149 Å². The molecule has 2 aliphatic heterocycles. The van der Waals surface area contributed by atoms with Gasteiger partial charge in [-0.2, -0.15) is 4.31 Å². The van der Waals surface area contributed by atoms with E-state index in [9.17, 15) is 13.2 Å². The van der Waals surface area contributed by atoms with E-state index in [4.69, 9.17) is 5.73 Å². The van der Waals surface area contributed by atoms with Crippen LogP contribution in [0.4, 0.5) is 5.69 Å². The van der Waals surface area contributed by atoms with Gasteiger partial charge in [-0.05, 0) is 38.1 Å². The van der Waals surface area contributed by atoms with Gasteiger partial charge in [-0.3, -0.25) is 4.79 Å². The summed E-state index contributed by atoms with van der Waals surface area (Å²) in [4.78, 5) is 16.1. The number of hydrogen-bond donors (Lipinski definition) is 1. The quantitative estimate of drug-likeness (QED) is 0.848. The lowest BCUT2D eigenvalue weighted by molar-refractivity contribution is 0.1000. The number of nitrogens with zero attached hydrogens (tertiary/aromatic N) is 3. The largest absolute Gasteiger partial charge is 0.368 e. The fourth-order valence-corrected chi connectivity index (χ4v) is 5.18. The van der Waals surface area contributed by atoms with Crippen LogP contribution in [0.1, 0.15) is 29.6 Å². The highest BCUT2D eigenvalue weighted by Gasteiger charge is 2.31. The van der Waals surface area contributed by atoms with Gasteiger partial charge < -0.3 is 15.5 Å². The molecule has 0 bridgehead atoms. The number of anilines is 1. The Morgan fingerprint density at radius 1 is 1.00 bits per heavy atom. The summed E-state index contributed by atoms with van der Waals surface area (Å²) < 4.78 is 28.0. The van der Waals surface area contributed by atoms with Crippen LogP contribution in [0.5, 0.6) is 0 Å². The number of benzene rings is 1. The SMILES string of the molecule is CN1CCN(c2ccc(C(N)=O)cc2S(=O)(=O)N2CCCCC2)CC1. The van der Waals surface area contributed by atoms with Crippen LogP contribution in [-0.2, 0) is 10.0 Å². The molecule has 2 saturated heterocycles. The zero-order valence-electron chi connectivity index (χ0n) is 14.6. The van der Waals surface area contributed by atoms with E-state index in [-0.39, 0.29) is 10.5 Å². The number of likely N-dealkylation sites (N-methyl/N-ethyl adjacent to an activating group) is 1. The van der Waals surface area contributed by atoms with Crippen LogP contribution in [0.2, 0.25) is 0 Å². The number of hydrogen-bond acceptors (Lipinski definition) is 5. The van der Waals surface area contributed by atoms with Crippen molar-refractivity contribution in [3.63, 3.8) is 0 Å². The average Bonchev–Trinajstić information content (AvgIpc) is 2.62. The van der Waals surface area contributed by atoms with Crippen LogP contribution in [0.3, 0.4) is 0 Å². The molecule has 2 aliphatic rings. The van der Waals surface area contributed by atoms with Gasteiger partial charge in [0.15, 0.2) is 0 Å². The Balaban J connectivity index is 2.02. The molecule has 25 heavy (non-hydrogen) atoms. The number of carbonyl (C=O) groups is 1. The maximum atomic E-state index is 13.2. The lowest BCUT2D eigenvalue weighted by Crippen LogP contribution is -2.45. The molecule has 2 heterocycles. The molecular weight excluding hydrogens is 340 g/mol. The third kappa shape index (κ3) is 3.80. The van der Waals surface area contributed by atoms with Crippen molar-refractivity contribution in [3.8, 4) is 0 Å². The van der Waals surface area contributed by atoms with E-state index >= 15 is 0 Å². The number of nitrogens with two attached hydrogens (primary N) is 1. The van der Waals surface area contributed by atoms with Crippen LogP contribution in [-0.4, -0.2) is 69.8 Å². The first kappa shape index (κ1) is 18.2. The molecule has 0 aliphatic carbocycles. The number of piperidine rings is 1. The van der Waals surface area contributed by atoms with E-state index in [0.717, 1.165) is 45.4 Å². The zero-order valence-corrected chi connectivity index (χ0v) is 15.5. The van der Waals surface area contributed by atoms with Gasteiger partial charge in [-0.25, -0.2) is 8.42 Å². The van der Waals surface area contributed by atoms with Crippen LogP contribution in [0, 0.1) is 0 Å². The minimum absolute atomic E-state index is 0.204. The number of carbonyl (C=O) groups excluding carboxylic acids is 1. The van der Waals surface area contributed by atoms with Crippen molar-refractivity contribution in [1.82, 2.24) is 9.21 Å². The molecule has 7 nitrogen and oxygen atoms in total. The normalized spacial score (nSPS) is 20.6. The summed E-state index contributed by atoms with van der Waals surface area (Å²) in [6, 6.07) is 4.79. The molecular formula is C17H26N4O3S. The first-order valence-electron chi connectivity index (χ1n) is 8.77. The lowest BCUT2D eigenvalue weighted by Gasteiger charge is -2.36. The van der Waals surface area contributed by atoms with E-state index in [1.807, 2.05) is 0 Å². The van der Waals surface area contributed by atoms with Crippen molar-refractivity contribution < 1.29 is 13.2 Å². The number of sulfonamides is 1. The fraction of sp³-hybridized carbons (Fsp3) is 0.588. The number of rotatable bonds is 4.